The Balaban J connectivity index is 1.83. The molecule has 1 atom stereocenters. The fraction of sp³-hybridized carbons (Fsp3) is 0.696. The molecule has 0 bridgehead atoms. The molecule has 1 aliphatic rings. The van der Waals surface area contributed by atoms with Crippen molar-refractivity contribution >= 4 is 5.96 Å². The van der Waals surface area contributed by atoms with Gasteiger partial charge in [-0.05, 0) is 83.9 Å². The third-order valence-corrected chi connectivity index (χ3v) is 5.88. The summed E-state index contributed by atoms with van der Waals surface area (Å²) in [5.74, 6) is 1.79. The predicted octanol–water partition coefficient (Wildman–Crippen LogP) is 3.12. The number of hydrogen-bond donors (Lipinski definition) is 2. The van der Waals surface area contributed by atoms with E-state index < -0.39 is 0 Å². The van der Waals surface area contributed by atoms with Crippen LogP contribution in [0.4, 0.5) is 0 Å². The maximum atomic E-state index is 5.32. The van der Waals surface area contributed by atoms with Crippen molar-refractivity contribution in [3.05, 3.63) is 29.8 Å². The van der Waals surface area contributed by atoms with Crippen molar-refractivity contribution in [1.82, 2.24) is 20.4 Å². The Kier molecular flexibility index (Phi) is 10.3. The second-order valence-corrected chi connectivity index (χ2v) is 8.19. The van der Waals surface area contributed by atoms with Crippen molar-refractivity contribution in [3.63, 3.8) is 0 Å². The lowest BCUT2D eigenvalue weighted by atomic mass is 10.1. The van der Waals surface area contributed by atoms with Crippen molar-refractivity contribution < 1.29 is 4.74 Å². The molecule has 0 amide bonds. The van der Waals surface area contributed by atoms with Gasteiger partial charge in [0.1, 0.15) is 5.75 Å². The summed E-state index contributed by atoms with van der Waals surface area (Å²) in [4.78, 5) is 9.38. The summed E-state index contributed by atoms with van der Waals surface area (Å²) in [5, 5.41) is 7.02. The SMILES string of the molecule is CN=C(NCCCCN(C)C(C)C)NCC(c1ccc(OC)cc1)N1CCCC1. The van der Waals surface area contributed by atoms with Crippen LogP contribution < -0.4 is 15.4 Å². The van der Waals surface area contributed by atoms with Crippen LogP contribution in [-0.2, 0) is 0 Å². The van der Waals surface area contributed by atoms with E-state index in [1.165, 1.54) is 24.8 Å². The van der Waals surface area contributed by atoms with Gasteiger partial charge in [-0.3, -0.25) is 9.89 Å². The molecule has 1 fully saturated rings. The lowest BCUT2D eigenvalue weighted by Crippen LogP contribution is -2.43. The summed E-state index contributed by atoms with van der Waals surface area (Å²) in [5.41, 5.74) is 1.33. The lowest BCUT2D eigenvalue weighted by Gasteiger charge is -2.29. The first-order valence-electron chi connectivity index (χ1n) is 11.1. The molecule has 0 spiro atoms. The highest BCUT2D eigenvalue weighted by atomic mass is 16.5. The molecule has 6 heteroatoms. The molecule has 6 nitrogen and oxygen atoms in total. The minimum absolute atomic E-state index is 0.349. The van der Waals surface area contributed by atoms with Gasteiger partial charge in [0.2, 0.25) is 0 Å². The molecule has 1 aliphatic heterocycles. The molecule has 0 aliphatic carbocycles. The number of ether oxygens (including phenoxy) is 1. The third kappa shape index (κ3) is 7.86. The predicted molar refractivity (Wildman–Crippen MR) is 123 cm³/mol. The van der Waals surface area contributed by atoms with Gasteiger partial charge >= 0.3 is 0 Å². The van der Waals surface area contributed by atoms with E-state index in [2.05, 4.69) is 70.6 Å². The Hall–Kier alpha value is -1.79. The second-order valence-electron chi connectivity index (χ2n) is 8.19. The molecular weight excluding hydrogens is 362 g/mol. The zero-order chi connectivity index (χ0) is 21.1. The van der Waals surface area contributed by atoms with Crippen LogP contribution in [0.15, 0.2) is 29.3 Å². The first-order chi connectivity index (χ1) is 14.0. The molecular formula is C23H41N5O. The van der Waals surface area contributed by atoms with Gasteiger partial charge in [-0.2, -0.15) is 0 Å². The van der Waals surface area contributed by atoms with Crippen LogP contribution in [0.1, 0.15) is 51.1 Å². The molecule has 1 heterocycles. The number of rotatable bonds is 11. The van der Waals surface area contributed by atoms with Crippen molar-refractivity contribution in [2.24, 2.45) is 4.99 Å². The second kappa shape index (κ2) is 12.7. The molecule has 1 saturated heterocycles. The number of hydrogen-bond acceptors (Lipinski definition) is 4. The first-order valence-corrected chi connectivity index (χ1v) is 11.1. The fourth-order valence-electron chi connectivity index (χ4n) is 3.70. The summed E-state index contributed by atoms with van der Waals surface area (Å²) in [6, 6.07) is 9.44. The average molecular weight is 404 g/mol. The number of methoxy groups -OCH3 is 1. The molecule has 2 N–H and O–H groups in total. The van der Waals surface area contributed by atoms with Crippen LogP contribution in [-0.4, -0.2) is 75.7 Å². The zero-order valence-corrected chi connectivity index (χ0v) is 19.1. The standard InChI is InChI=1S/C23H41N5O/c1-19(2)27(4)15-7-6-14-25-23(24-3)26-18-22(28-16-8-9-17-28)20-10-12-21(29-5)13-11-20/h10-13,19,22H,6-9,14-18H2,1-5H3,(H2,24,25,26). The molecule has 0 aromatic heterocycles. The number of nitrogens with one attached hydrogen (secondary N) is 2. The summed E-state index contributed by atoms with van der Waals surface area (Å²) < 4.78 is 5.32. The van der Waals surface area contributed by atoms with E-state index in [0.29, 0.717) is 12.1 Å². The molecule has 1 aromatic carbocycles. The Bertz CT molecular complexity index is 596. The van der Waals surface area contributed by atoms with E-state index in [1.807, 2.05) is 7.05 Å². The topological polar surface area (TPSA) is 52.1 Å². The van der Waals surface area contributed by atoms with Gasteiger partial charge < -0.3 is 20.3 Å². The van der Waals surface area contributed by atoms with E-state index in [0.717, 1.165) is 50.9 Å². The van der Waals surface area contributed by atoms with Crippen molar-refractivity contribution in [1.29, 1.82) is 0 Å². The number of guanidine groups is 1. The summed E-state index contributed by atoms with van der Waals surface area (Å²) in [6.07, 6.45) is 4.90. The van der Waals surface area contributed by atoms with Gasteiger partial charge in [-0.15, -0.1) is 0 Å². The Morgan fingerprint density at radius 1 is 1.14 bits per heavy atom. The van der Waals surface area contributed by atoms with E-state index >= 15 is 0 Å². The van der Waals surface area contributed by atoms with E-state index in [4.69, 9.17) is 4.74 Å². The van der Waals surface area contributed by atoms with Crippen molar-refractivity contribution in [2.45, 2.75) is 51.6 Å². The molecule has 0 saturated carbocycles. The summed E-state index contributed by atoms with van der Waals surface area (Å²) in [6.45, 7) is 9.74. The van der Waals surface area contributed by atoms with E-state index in [9.17, 15) is 0 Å². The highest BCUT2D eigenvalue weighted by molar-refractivity contribution is 5.79. The minimum atomic E-state index is 0.349. The largest absolute Gasteiger partial charge is 0.497 e. The number of benzene rings is 1. The van der Waals surface area contributed by atoms with Gasteiger partial charge in [0, 0.05) is 26.2 Å². The van der Waals surface area contributed by atoms with Gasteiger partial charge in [-0.1, -0.05) is 12.1 Å². The third-order valence-electron chi connectivity index (χ3n) is 5.88. The Labute approximate surface area is 177 Å². The van der Waals surface area contributed by atoms with Gasteiger partial charge in [0.05, 0.1) is 13.2 Å². The number of unbranched alkanes of at least 4 members (excludes halogenated alkanes) is 1. The summed E-state index contributed by atoms with van der Waals surface area (Å²) in [7, 11) is 5.75. The van der Waals surface area contributed by atoms with Crippen LogP contribution in [0.5, 0.6) is 5.75 Å². The molecule has 1 aromatic rings. The number of nitrogens with zero attached hydrogens (tertiary/aromatic N) is 3. The maximum absolute atomic E-state index is 5.32. The van der Waals surface area contributed by atoms with Gasteiger partial charge in [0.15, 0.2) is 5.96 Å². The smallest absolute Gasteiger partial charge is 0.191 e. The normalized spacial score (nSPS) is 16.4. The quantitative estimate of drug-likeness (QED) is 0.338. The fourth-order valence-corrected chi connectivity index (χ4v) is 3.70. The number of likely N-dealkylation sites (tertiary alicyclic amines) is 1. The van der Waals surface area contributed by atoms with Crippen molar-refractivity contribution in [2.75, 3.05) is 53.9 Å². The van der Waals surface area contributed by atoms with E-state index in [1.54, 1.807) is 7.11 Å². The average Bonchev–Trinajstić information content (AvgIpc) is 3.26. The monoisotopic (exact) mass is 403 g/mol. The van der Waals surface area contributed by atoms with Crippen LogP contribution in [0.25, 0.3) is 0 Å². The highest BCUT2D eigenvalue weighted by Crippen LogP contribution is 2.26. The van der Waals surface area contributed by atoms with Gasteiger partial charge in [0.25, 0.3) is 0 Å². The number of aliphatic imine (C=N–C) groups is 1. The highest BCUT2D eigenvalue weighted by Gasteiger charge is 2.23. The molecule has 2 rings (SSSR count). The Morgan fingerprint density at radius 2 is 1.83 bits per heavy atom. The molecule has 0 radical (unpaired) electrons. The van der Waals surface area contributed by atoms with Crippen LogP contribution in [0.2, 0.25) is 0 Å². The summed E-state index contributed by atoms with van der Waals surface area (Å²) >= 11 is 0. The molecule has 164 valence electrons. The van der Waals surface area contributed by atoms with Crippen LogP contribution in [0.3, 0.4) is 0 Å². The Morgan fingerprint density at radius 3 is 2.41 bits per heavy atom. The zero-order valence-electron chi connectivity index (χ0n) is 19.1. The maximum Gasteiger partial charge on any atom is 0.191 e. The lowest BCUT2D eigenvalue weighted by molar-refractivity contribution is 0.245. The molecule has 29 heavy (non-hydrogen) atoms. The van der Waals surface area contributed by atoms with Crippen LogP contribution >= 0.6 is 0 Å². The van der Waals surface area contributed by atoms with Gasteiger partial charge in [-0.25, -0.2) is 0 Å². The first kappa shape index (κ1) is 23.5. The van der Waals surface area contributed by atoms with Crippen LogP contribution in [0, 0.1) is 0 Å². The molecule has 1 unspecified atom stereocenters. The minimum Gasteiger partial charge on any atom is -0.497 e. The van der Waals surface area contributed by atoms with E-state index in [-0.39, 0.29) is 0 Å². The van der Waals surface area contributed by atoms with Crippen molar-refractivity contribution in [3.8, 4) is 5.75 Å².